The molecule has 0 aliphatic rings. The summed E-state index contributed by atoms with van der Waals surface area (Å²) in [4.78, 5) is 3.36. The van der Waals surface area contributed by atoms with Gasteiger partial charge in [-0.15, -0.1) is 0 Å². The first-order chi connectivity index (χ1) is 11.2. The predicted molar refractivity (Wildman–Crippen MR) is 111 cm³/mol. The Morgan fingerprint density at radius 2 is 1.62 bits per heavy atom. The van der Waals surface area contributed by atoms with E-state index in [0.717, 1.165) is 25.2 Å². The second-order valence-electron chi connectivity index (χ2n) is 7.08. The van der Waals surface area contributed by atoms with Crippen molar-refractivity contribution in [1.29, 1.82) is 0 Å². The van der Waals surface area contributed by atoms with E-state index in [4.69, 9.17) is 15.6 Å². The summed E-state index contributed by atoms with van der Waals surface area (Å²) in [7, 11) is 2.81. The van der Waals surface area contributed by atoms with Crippen LogP contribution in [0.25, 0.3) is 4.85 Å². The third kappa shape index (κ3) is 12.8. The van der Waals surface area contributed by atoms with Gasteiger partial charge < -0.3 is 13.9 Å². The molecular formula is C17H35N2O2PS2. The Bertz CT molecular complexity index is 349. The van der Waals surface area contributed by atoms with E-state index >= 15 is 0 Å². The quantitative estimate of drug-likeness (QED) is 0.159. The monoisotopic (exact) mass is 394 g/mol. The normalized spacial score (nSPS) is 13.7. The molecule has 0 aliphatic carbocycles. The Morgan fingerprint density at radius 1 is 1.04 bits per heavy atom. The van der Waals surface area contributed by atoms with Crippen molar-refractivity contribution in [3.8, 4) is 0 Å². The van der Waals surface area contributed by atoms with Crippen molar-refractivity contribution in [1.82, 2.24) is 4.67 Å². The van der Waals surface area contributed by atoms with Crippen LogP contribution in [0.15, 0.2) is 0 Å². The molecule has 0 fully saturated rings. The lowest BCUT2D eigenvalue weighted by Gasteiger charge is -2.35. The van der Waals surface area contributed by atoms with E-state index in [2.05, 4.69) is 58.0 Å². The summed E-state index contributed by atoms with van der Waals surface area (Å²) in [6.07, 6.45) is 2.20. The number of hydrogen-bond acceptors (Lipinski definition) is 5. The van der Waals surface area contributed by atoms with Crippen molar-refractivity contribution in [3.63, 3.8) is 0 Å². The summed E-state index contributed by atoms with van der Waals surface area (Å²) in [5.74, 6) is 1.15. The molecule has 0 spiro atoms. The summed E-state index contributed by atoms with van der Waals surface area (Å²) in [6, 6.07) is 0.727. The van der Waals surface area contributed by atoms with Crippen molar-refractivity contribution in [2.75, 3.05) is 25.5 Å². The SMILES string of the molecule is [C-]#[N+]CCOP(OCCCCSSC(C)(C)C)N(C(C)C)C(C)C. The van der Waals surface area contributed by atoms with E-state index in [1.807, 2.05) is 21.6 Å². The molecule has 0 saturated heterocycles. The Kier molecular flexibility index (Phi) is 14.0. The number of unbranched alkanes of at least 4 members (excludes halogenated alkanes) is 1. The van der Waals surface area contributed by atoms with E-state index in [1.54, 1.807) is 0 Å². The maximum Gasteiger partial charge on any atom is 0.259 e. The van der Waals surface area contributed by atoms with E-state index in [1.165, 1.54) is 0 Å². The van der Waals surface area contributed by atoms with Gasteiger partial charge in [0, 0.05) is 22.6 Å². The zero-order valence-electron chi connectivity index (χ0n) is 16.4. The van der Waals surface area contributed by atoms with Crippen LogP contribution in [0.1, 0.15) is 61.3 Å². The van der Waals surface area contributed by atoms with Gasteiger partial charge in [0.05, 0.1) is 6.61 Å². The van der Waals surface area contributed by atoms with E-state index < -0.39 is 8.53 Å². The lowest BCUT2D eigenvalue weighted by Crippen LogP contribution is -2.33. The molecule has 0 heterocycles. The fraction of sp³-hybridized carbons (Fsp3) is 0.941. The first-order valence-corrected chi connectivity index (χ1v) is 12.1. The van der Waals surface area contributed by atoms with Gasteiger partial charge in [0.15, 0.2) is 0 Å². The summed E-state index contributed by atoms with van der Waals surface area (Å²) >= 11 is 0. The van der Waals surface area contributed by atoms with E-state index in [9.17, 15) is 0 Å². The second kappa shape index (κ2) is 13.7. The molecule has 0 amide bonds. The van der Waals surface area contributed by atoms with Crippen molar-refractivity contribution in [3.05, 3.63) is 11.4 Å². The highest BCUT2D eigenvalue weighted by Crippen LogP contribution is 2.46. The fourth-order valence-corrected chi connectivity index (χ4v) is 5.97. The highest BCUT2D eigenvalue weighted by molar-refractivity contribution is 8.77. The van der Waals surface area contributed by atoms with Crippen molar-refractivity contribution in [2.45, 2.75) is 78.1 Å². The van der Waals surface area contributed by atoms with Crippen molar-refractivity contribution in [2.24, 2.45) is 0 Å². The number of nitrogens with zero attached hydrogens (tertiary/aromatic N) is 2. The van der Waals surface area contributed by atoms with E-state index in [-0.39, 0.29) is 0 Å². The number of rotatable bonds is 13. The molecule has 0 aromatic rings. The van der Waals surface area contributed by atoms with Crippen molar-refractivity contribution >= 4 is 30.1 Å². The summed E-state index contributed by atoms with van der Waals surface area (Å²) in [5, 5.41) is 0. The van der Waals surface area contributed by atoms with Crippen LogP contribution in [0.2, 0.25) is 0 Å². The van der Waals surface area contributed by atoms with Crippen LogP contribution in [-0.2, 0) is 9.05 Å². The first-order valence-electron chi connectivity index (χ1n) is 8.67. The molecule has 0 aromatic carbocycles. The van der Waals surface area contributed by atoms with Crippen LogP contribution in [0.3, 0.4) is 0 Å². The minimum absolute atomic E-state index is 0.321. The summed E-state index contributed by atoms with van der Waals surface area (Å²) in [6.45, 7) is 23.8. The first kappa shape index (κ1) is 24.5. The molecule has 24 heavy (non-hydrogen) atoms. The minimum Gasteiger partial charge on any atom is -0.322 e. The Balaban J connectivity index is 4.19. The van der Waals surface area contributed by atoms with Crippen LogP contribution < -0.4 is 0 Å². The smallest absolute Gasteiger partial charge is 0.259 e. The fourth-order valence-electron chi connectivity index (χ4n) is 1.93. The van der Waals surface area contributed by atoms with E-state index in [0.29, 0.717) is 30.0 Å². The summed E-state index contributed by atoms with van der Waals surface area (Å²) < 4.78 is 14.6. The van der Waals surface area contributed by atoms with Crippen LogP contribution in [-0.4, -0.2) is 47.0 Å². The molecule has 0 aromatic heterocycles. The maximum absolute atomic E-state index is 6.89. The molecule has 0 saturated carbocycles. The molecule has 7 heteroatoms. The van der Waals surface area contributed by atoms with Gasteiger partial charge in [-0.3, -0.25) is 0 Å². The highest BCUT2D eigenvalue weighted by Gasteiger charge is 2.27. The third-order valence-corrected chi connectivity index (χ3v) is 8.32. The zero-order chi connectivity index (χ0) is 18.6. The van der Waals surface area contributed by atoms with Gasteiger partial charge in [0.1, 0.15) is 6.61 Å². The Labute approximate surface area is 159 Å². The molecule has 4 nitrogen and oxygen atoms in total. The molecule has 1 atom stereocenters. The van der Waals surface area contributed by atoms with Gasteiger partial charge in [0.25, 0.3) is 8.53 Å². The average molecular weight is 395 g/mol. The number of hydrogen-bond donors (Lipinski definition) is 0. The van der Waals surface area contributed by atoms with Crippen LogP contribution in [0.4, 0.5) is 0 Å². The van der Waals surface area contributed by atoms with Gasteiger partial charge in [-0.2, -0.15) is 0 Å². The van der Waals surface area contributed by atoms with Crippen LogP contribution in [0, 0.1) is 6.57 Å². The summed E-state index contributed by atoms with van der Waals surface area (Å²) in [5.41, 5.74) is 0. The topological polar surface area (TPSA) is 26.1 Å². The third-order valence-electron chi connectivity index (χ3n) is 2.78. The zero-order valence-corrected chi connectivity index (χ0v) is 18.9. The molecule has 0 rings (SSSR count). The molecule has 0 bridgehead atoms. The average Bonchev–Trinajstić information content (AvgIpc) is 2.44. The highest BCUT2D eigenvalue weighted by atomic mass is 33.1. The molecule has 1 unspecified atom stereocenters. The van der Waals surface area contributed by atoms with Crippen LogP contribution >= 0.6 is 30.1 Å². The lowest BCUT2D eigenvalue weighted by molar-refractivity contribution is 0.177. The molecular weight excluding hydrogens is 359 g/mol. The Morgan fingerprint density at radius 3 is 2.12 bits per heavy atom. The maximum atomic E-state index is 6.89. The predicted octanol–water partition coefficient (Wildman–Crippen LogP) is 6.24. The van der Waals surface area contributed by atoms with Gasteiger partial charge in [0.2, 0.25) is 6.54 Å². The van der Waals surface area contributed by atoms with Gasteiger partial charge in [-0.25, -0.2) is 11.2 Å². The molecule has 0 aliphatic heterocycles. The van der Waals surface area contributed by atoms with Gasteiger partial charge in [-0.1, -0.05) is 42.4 Å². The lowest BCUT2D eigenvalue weighted by atomic mass is 10.3. The van der Waals surface area contributed by atoms with Crippen LogP contribution in [0.5, 0.6) is 0 Å². The molecule has 142 valence electrons. The molecule has 0 radical (unpaired) electrons. The molecule has 0 N–H and O–H groups in total. The van der Waals surface area contributed by atoms with Gasteiger partial charge >= 0.3 is 0 Å². The van der Waals surface area contributed by atoms with Crippen molar-refractivity contribution < 1.29 is 9.05 Å². The largest absolute Gasteiger partial charge is 0.322 e. The minimum atomic E-state index is -1.08. The second-order valence-corrected chi connectivity index (χ2v) is 11.8. The van der Waals surface area contributed by atoms with Gasteiger partial charge in [-0.05, 0) is 40.5 Å². The Hall–Kier alpha value is 0.500. The standard InChI is InChI=1S/C17H35N2O2PS2/c1-15(2)19(16(3)4)22(21-13-11-18-8)20-12-9-10-14-23-24-17(5,6)7/h15-16H,9-14H2,1-7H3.